The van der Waals surface area contributed by atoms with Gasteiger partial charge in [-0.2, -0.15) is 13.2 Å². The van der Waals surface area contributed by atoms with Crippen LogP contribution in [0, 0.1) is 0 Å². The molecule has 1 N–H and O–H groups in total. The third kappa shape index (κ3) is 5.82. The second-order valence-corrected chi connectivity index (χ2v) is 8.61. The molecule has 2 saturated heterocycles. The highest BCUT2D eigenvalue weighted by molar-refractivity contribution is 5.96. The Hall–Kier alpha value is -2.98. The summed E-state index contributed by atoms with van der Waals surface area (Å²) in [6.07, 6.45) is -2.79. The number of anilines is 2. The van der Waals surface area contributed by atoms with Crippen LogP contribution in [0.1, 0.15) is 30.0 Å². The minimum Gasteiger partial charge on any atom is -0.497 e. The van der Waals surface area contributed by atoms with Crippen molar-refractivity contribution >= 4 is 17.3 Å². The van der Waals surface area contributed by atoms with Gasteiger partial charge in [0.25, 0.3) is 0 Å². The first-order valence-corrected chi connectivity index (χ1v) is 11.6. The summed E-state index contributed by atoms with van der Waals surface area (Å²) in [4.78, 5) is 17.0. The summed E-state index contributed by atoms with van der Waals surface area (Å²) in [5.41, 5.74) is 0.832. The Kier molecular flexibility index (Phi) is 7.71. The molecule has 2 fully saturated rings. The number of carbonyl (C=O) groups excluding carboxylic acids is 1. The number of likely N-dealkylation sites (tertiary alicyclic amines) is 1. The molecule has 35 heavy (non-hydrogen) atoms. The number of methoxy groups -OCH3 is 2. The zero-order valence-electron chi connectivity index (χ0n) is 19.9. The van der Waals surface area contributed by atoms with Crippen molar-refractivity contribution in [2.24, 2.45) is 0 Å². The number of hydrogen-bond acceptors (Lipinski definition) is 6. The maximum atomic E-state index is 13.4. The van der Waals surface area contributed by atoms with Crippen LogP contribution in [-0.4, -0.2) is 64.4 Å². The van der Waals surface area contributed by atoms with Crippen LogP contribution in [0.4, 0.5) is 24.5 Å². The molecule has 1 atom stereocenters. The van der Waals surface area contributed by atoms with Gasteiger partial charge in [0.15, 0.2) is 0 Å². The number of amides is 1. The van der Waals surface area contributed by atoms with Crippen LogP contribution in [0.5, 0.6) is 11.5 Å². The molecule has 2 aromatic carbocycles. The topological polar surface area (TPSA) is 63.3 Å². The summed E-state index contributed by atoms with van der Waals surface area (Å²) < 4.78 is 56.5. The molecule has 1 amide bonds. The Bertz CT molecular complexity index is 1040. The predicted octanol–water partition coefficient (Wildman–Crippen LogP) is 4.33. The fourth-order valence-electron chi connectivity index (χ4n) is 4.73. The number of morpholine rings is 1. The lowest BCUT2D eigenvalue weighted by Crippen LogP contribution is -2.37. The lowest BCUT2D eigenvalue weighted by molar-refractivity contribution is -0.137. The van der Waals surface area contributed by atoms with Gasteiger partial charge in [-0.3, -0.25) is 9.69 Å². The van der Waals surface area contributed by atoms with Crippen LogP contribution in [0.25, 0.3) is 0 Å². The van der Waals surface area contributed by atoms with Gasteiger partial charge < -0.3 is 24.4 Å². The molecule has 2 aliphatic rings. The zero-order valence-corrected chi connectivity index (χ0v) is 19.9. The number of alkyl halides is 3. The molecular formula is C25H30F3N3O4. The molecule has 0 radical (unpaired) electrons. The van der Waals surface area contributed by atoms with E-state index in [1.54, 1.807) is 14.2 Å². The van der Waals surface area contributed by atoms with E-state index in [2.05, 4.69) is 5.32 Å². The van der Waals surface area contributed by atoms with Crippen LogP contribution < -0.4 is 19.7 Å². The van der Waals surface area contributed by atoms with E-state index in [9.17, 15) is 18.0 Å². The number of carbonyl (C=O) groups is 1. The summed E-state index contributed by atoms with van der Waals surface area (Å²) in [6.45, 7) is 2.77. The van der Waals surface area contributed by atoms with Crippen molar-refractivity contribution in [2.45, 2.75) is 25.1 Å². The van der Waals surface area contributed by atoms with Gasteiger partial charge in [0.1, 0.15) is 11.5 Å². The molecule has 0 aliphatic carbocycles. The number of rotatable bonds is 7. The predicted molar refractivity (Wildman–Crippen MR) is 126 cm³/mol. The van der Waals surface area contributed by atoms with Crippen molar-refractivity contribution in [1.82, 2.24) is 4.90 Å². The molecular weight excluding hydrogens is 463 g/mol. The third-order valence-electron chi connectivity index (χ3n) is 6.46. The zero-order chi connectivity index (χ0) is 25.0. The first-order valence-electron chi connectivity index (χ1n) is 11.6. The number of hydrogen-bond donors (Lipinski definition) is 1. The summed E-state index contributed by atoms with van der Waals surface area (Å²) in [5, 5.41) is 2.75. The lowest BCUT2D eigenvalue weighted by atomic mass is 10.0. The highest BCUT2D eigenvalue weighted by Gasteiger charge is 2.33. The molecule has 4 rings (SSSR count). The highest BCUT2D eigenvalue weighted by atomic mass is 19.4. The van der Waals surface area contributed by atoms with E-state index in [1.165, 1.54) is 6.07 Å². The van der Waals surface area contributed by atoms with Gasteiger partial charge in [-0.15, -0.1) is 0 Å². The number of benzene rings is 2. The molecule has 7 nitrogen and oxygen atoms in total. The Labute approximate surface area is 202 Å². The lowest BCUT2D eigenvalue weighted by Gasteiger charge is -2.31. The largest absolute Gasteiger partial charge is 0.497 e. The molecule has 0 bridgehead atoms. The second-order valence-electron chi connectivity index (χ2n) is 8.61. The van der Waals surface area contributed by atoms with Gasteiger partial charge in [-0.05, 0) is 55.8 Å². The monoisotopic (exact) mass is 493 g/mol. The van der Waals surface area contributed by atoms with Crippen molar-refractivity contribution in [1.29, 1.82) is 0 Å². The minimum absolute atomic E-state index is 0.0455. The summed E-state index contributed by atoms with van der Waals surface area (Å²) >= 11 is 0. The van der Waals surface area contributed by atoms with Gasteiger partial charge in [0, 0.05) is 24.7 Å². The molecule has 0 aromatic heterocycles. The smallest absolute Gasteiger partial charge is 0.416 e. The van der Waals surface area contributed by atoms with E-state index < -0.39 is 11.7 Å². The van der Waals surface area contributed by atoms with Gasteiger partial charge in [0.2, 0.25) is 5.91 Å². The maximum absolute atomic E-state index is 13.4. The first kappa shape index (κ1) is 25.1. The Morgan fingerprint density at radius 3 is 2.54 bits per heavy atom. The molecule has 2 heterocycles. The number of nitrogens with one attached hydrogen (secondary N) is 1. The van der Waals surface area contributed by atoms with E-state index in [4.69, 9.17) is 14.2 Å². The molecule has 0 saturated carbocycles. The van der Waals surface area contributed by atoms with E-state index in [-0.39, 0.29) is 24.2 Å². The van der Waals surface area contributed by atoms with Crippen molar-refractivity contribution in [3.8, 4) is 11.5 Å². The van der Waals surface area contributed by atoms with Gasteiger partial charge in [-0.25, -0.2) is 0 Å². The van der Waals surface area contributed by atoms with Crippen LogP contribution >= 0.6 is 0 Å². The van der Waals surface area contributed by atoms with Crippen LogP contribution in [-0.2, 0) is 15.7 Å². The molecule has 190 valence electrons. The van der Waals surface area contributed by atoms with Gasteiger partial charge in [-0.1, -0.05) is 0 Å². The van der Waals surface area contributed by atoms with Crippen molar-refractivity contribution < 1.29 is 32.2 Å². The van der Waals surface area contributed by atoms with Crippen molar-refractivity contribution in [3.05, 3.63) is 47.5 Å². The van der Waals surface area contributed by atoms with Gasteiger partial charge >= 0.3 is 6.18 Å². The second kappa shape index (κ2) is 10.7. The molecule has 0 spiro atoms. The highest BCUT2D eigenvalue weighted by Crippen LogP contribution is 2.39. The Morgan fingerprint density at radius 2 is 1.86 bits per heavy atom. The van der Waals surface area contributed by atoms with E-state index >= 15 is 0 Å². The number of nitrogens with zero attached hydrogens (tertiary/aromatic N) is 2. The number of halogens is 3. The van der Waals surface area contributed by atoms with Crippen molar-refractivity contribution in [2.75, 3.05) is 63.8 Å². The average Bonchev–Trinajstić information content (AvgIpc) is 3.31. The normalized spacial score (nSPS) is 19.0. The van der Waals surface area contributed by atoms with E-state index in [1.807, 2.05) is 28.0 Å². The van der Waals surface area contributed by atoms with Gasteiger partial charge in [0.05, 0.1) is 50.9 Å². The molecule has 2 aliphatic heterocycles. The van der Waals surface area contributed by atoms with Crippen LogP contribution in [0.3, 0.4) is 0 Å². The SMILES string of the molecule is COc1ccc(OC)c([C@@H]2CCCN2CC(=O)Nc2cc(C(F)(F)F)ccc2N2CCOCC2)c1. The first-order chi connectivity index (χ1) is 16.8. The summed E-state index contributed by atoms with van der Waals surface area (Å²) in [7, 11) is 3.19. The summed E-state index contributed by atoms with van der Waals surface area (Å²) in [6, 6.07) is 8.97. The fourth-order valence-corrected chi connectivity index (χ4v) is 4.73. The van der Waals surface area contributed by atoms with Crippen LogP contribution in [0.2, 0.25) is 0 Å². The maximum Gasteiger partial charge on any atom is 0.416 e. The quantitative estimate of drug-likeness (QED) is 0.620. The molecule has 2 aromatic rings. The average molecular weight is 494 g/mol. The minimum atomic E-state index is -4.51. The Balaban J connectivity index is 1.54. The number of ether oxygens (including phenoxy) is 3. The third-order valence-corrected chi connectivity index (χ3v) is 6.46. The van der Waals surface area contributed by atoms with Crippen LogP contribution in [0.15, 0.2) is 36.4 Å². The van der Waals surface area contributed by atoms with Crippen molar-refractivity contribution in [3.63, 3.8) is 0 Å². The molecule has 10 heteroatoms. The fraction of sp³-hybridized carbons (Fsp3) is 0.480. The van der Waals surface area contributed by atoms with E-state index in [0.29, 0.717) is 50.0 Å². The Morgan fingerprint density at radius 1 is 1.09 bits per heavy atom. The standard InChI is InChI=1S/C25H30F3N3O4/c1-33-18-6-8-23(34-2)19(15-18)21-4-3-9-31(21)16-24(32)29-20-14-17(25(26,27)28)5-7-22(20)30-10-12-35-13-11-30/h5-8,14-15,21H,3-4,9-13,16H2,1-2H3,(H,29,32)/t21-/m0/s1. The molecule has 0 unspecified atom stereocenters. The van der Waals surface area contributed by atoms with E-state index in [0.717, 1.165) is 30.5 Å². The summed E-state index contributed by atoms with van der Waals surface area (Å²) in [5.74, 6) is 1.03.